The molecule has 0 nitrogen and oxygen atoms in total. The molecule has 0 bridgehead atoms. The quantitative estimate of drug-likeness (QED) is 0.553. The molecule has 0 atom stereocenters. The lowest BCUT2D eigenvalue weighted by atomic mass is 9.99. The molecule has 1 aliphatic rings. The van der Waals surface area contributed by atoms with Crippen LogP contribution in [0.2, 0.25) is 5.04 Å². The summed E-state index contributed by atoms with van der Waals surface area (Å²) < 4.78 is 0. The second-order valence-corrected chi connectivity index (χ2v) is 7.58. The Balaban J connectivity index is 2.72. The van der Waals surface area contributed by atoms with Crippen molar-refractivity contribution < 1.29 is 0 Å². The fraction of sp³-hybridized carbons (Fsp3) is 0.600. The van der Waals surface area contributed by atoms with Gasteiger partial charge < -0.3 is 0 Å². The van der Waals surface area contributed by atoms with E-state index < -0.39 is 8.80 Å². The predicted molar refractivity (Wildman–Crippen MR) is 54.3 cm³/mol. The first-order valence-electron chi connectivity index (χ1n) is 4.40. The number of rotatable bonds is 2. The molecule has 1 heteroatoms. The number of allylic oxidation sites excluding steroid dienone is 2. The zero-order valence-corrected chi connectivity index (χ0v) is 9.12. The van der Waals surface area contributed by atoms with Gasteiger partial charge in [0.2, 0.25) is 0 Å². The summed E-state index contributed by atoms with van der Waals surface area (Å²) in [4.78, 5) is 0. The summed E-state index contributed by atoms with van der Waals surface area (Å²) >= 11 is 0. The third-order valence-electron chi connectivity index (χ3n) is 3.10. The van der Waals surface area contributed by atoms with Gasteiger partial charge in [-0.15, -0.1) is 0 Å². The molecule has 11 heavy (non-hydrogen) atoms. The molecule has 0 N–H and O–H groups in total. The molecule has 62 valence electrons. The van der Waals surface area contributed by atoms with Crippen molar-refractivity contribution in [3.63, 3.8) is 0 Å². The minimum absolute atomic E-state index is 0.545. The average Bonchev–Trinajstić information content (AvgIpc) is 2.37. The molecule has 0 aromatic rings. The minimum Gasteiger partial charge on any atom is -0.0930 e. The van der Waals surface area contributed by atoms with Crippen LogP contribution in [0, 0.1) is 5.92 Å². The third-order valence-corrected chi connectivity index (χ3v) is 6.75. The Morgan fingerprint density at radius 2 is 1.55 bits per heavy atom. The molecule has 0 saturated heterocycles. The van der Waals surface area contributed by atoms with Crippen LogP contribution in [0.5, 0.6) is 0 Å². The molecule has 1 rings (SSSR count). The maximum Gasteiger partial charge on any atom is 0.0909 e. The molecule has 0 fully saturated rings. The topological polar surface area (TPSA) is 0 Å². The van der Waals surface area contributed by atoms with Gasteiger partial charge in [0.15, 0.2) is 0 Å². The highest BCUT2D eigenvalue weighted by molar-refractivity contribution is 6.73. The van der Waals surface area contributed by atoms with Gasteiger partial charge in [-0.05, 0) is 11.0 Å². The van der Waals surface area contributed by atoms with Crippen LogP contribution in [0.1, 0.15) is 27.7 Å². The van der Waals surface area contributed by atoms with E-state index in [2.05, 4.69) is 51.2 Å². The van der Waals surface area contributed by atoms with Crippen molar-refractivity contribution in [1.29, 1.82) is 0 Å². The van der Waals surface area contributed by atoms with Gasteiger partial charge in [-0.2, -0.15) is 0 Å². The van der Waals surface area contributed by atoms with E-state index in [0.29, 0.717) is 5.04 Å². The monoisotopic (exact) mass is 166 g/mol. The normalized spacial score (nSPS) is 18.6. The van der Waals surface area contributed by atoms with Crippen LogP contribution in [0.15, 0.2) is 23.6 Å². The van der Waals surface area contributed by atoms with Crippen molar-refractivity contribution in [1.82, 2.24) is 0 Å². The largest absolute Gasteiger partial charge is 0.0930 e. The molecule has 1 aliphatic heterocycles. The van der Waals surface area contributed by atoms with Gasteiger partial charge in [0, 0.05) is 0 Å². The fourth-order valence-corrected chi connectivity index (χ4v) is 3.94. The highest BCUT2D eigenvalue weighted by atomic mass is 28.3. The van der Waals surface area contributed by atoms with E-state index >= 15 is 0 Å². The van der Waals surface area contributed by atoms with Gasteiger partial charge in [-0.3, -0.25) is 0 Å². The standard InChI is InChI=1S/C10H18Si/c1-9(2)10(3,4)11-7-5-6-8-11/h5-9,11H,1-4H3. The van der Waals surface area contributed by atoms with Crippen LogP contribution in [-0.2, 0) is 0 Å². The van der Waals surface area contributed by atoms with Crippen LogP contribution < -0.4 is 0 Å². The van der Waals surface area contributed by atoms with Gasteiger partial charge in [-0.25, -0.2) is 0 Å². The fourth-order valence-electron chi connectivity index (χ4n) is 1.31. The number of hydrogen-bond acceptors (Lipinski definition) is 0. The predicted octanol–water partition coefficient (Wildman–Crippen LogP) is 2.85. The van der Waals surface area contributed by atoms with Crippen LogP contribution in [0.3, 0.4) is 0 Å². The molecular weight excluding hydrogens is 148 g/mol. The second kappa shape index (κ2) is 2.98. The van der Waals surface area contributed by atoms with E-state index in [0.717, 1.165) is 5.92 Å². The summed E-state index contributed by atoms with van der Waals surface area (Å²) in [5.74, 6) is 0.798. The lowest BCUT2D eigenvalue weighted by molar-refractivity contribution is 0.471. The summed E-state index contributed by atoms with van der Waals surface area (Å²) in [7, 11) is -0.709. The van der Waals surface area contributed by atoms with Crippen molar-refractivity contribution in [3.8, 4) is 0 Å². The van der Waals surface area contributed by atoms with Crippen LogP contribution in [0.4, 0.5) is 0 Å². The van der Waals surface area contributed by atoms with Gasteiger partial charge in [0.05, 0.1) is 8.80 Å². The van der Waals surface area contributed by atoms with Gasteiger partial charge in [0.25, 0.3) is 0 Å². The number of hydrogen-bond donors (Lipinski definition) is 0. The Labute approximate surface area is 71.6 Å². The van der Waals surface area contributed by atoms with Crippen LogP contribution >= 0.6 is 0 Å². The molecule has 0 saturated carbocycles. The first-order chi connectivity index (χ1) is 5.05. The molecule has 0 aliphatic carbocycles. The Bertz CT molecular complexity index is 175. The van der Waals surface area contributed by atoms with Crippen LogP contribution in [-0.4, -0.2) is 8.80 Å². The first-order valence-corrected chi connectivity index (χ1v) is 6.31. The second-order valence-electron chi connectivity index (χ2n) is 4.27. The van der Waals surface area contributed by atoms with Gasteiger partial charge in [-0.1, -0.05) is 51.2 Å². The smallest absolute Gasteiger partial charge is 0.0909 e. The summed E-state index contributed by atoms with van der Waals surface area (Å²) in [6, 6.07) is 0. The first kappa shape index (κ1) is 8.79. The van der Waals surface area contributed by atoms with Crippen molar-refractivity contribution in [3.05, 3.63) is 23.6 Å². The summed E-state index contributed by atoms with van der Waals surface area (Å²) in [6.07, 6.45) is 4.42. The van der Waals surface area contributed by atoms with E-state index in [1.54, 1.807) is 0 Å². The molecule has 0 amide bonds. The molecule has 0 unspecified atom stereocenters. The lowest BCUT2D eigenvalue weighted by Crippen LogP contribution is -2.28. The van der Waals surface area contributed by atoms with E-state index in [1.807, 2.05) is 0 Å². The average molecular weight is 166 g/mol. The van der Waals surface area contributed by atoms with Gasteiger partial charge in [0.1, 0.15) is 0 Å². The van der Waals surface area contributed by atoms with E-state index in [-0.39, 0.29) is 0 Å². The maximum atomic E-state index is 2.43. The molecule has 0 aromatic carbocycles. The Morgan fingerprint density at radius 3 is 1.91 bits per heavy atom. The van der Waals surface area contributed by atoms with Crippen molar-refractivity contribution >= 4 is 8.80 Å². The summed E-state index contributed by atoms with van der Waals surface area (Å²) in [5.41, 5.74) is 4.86. The van der Waals surface area contributed by atoms with Crippen molar-refractivity contribution in [2.45, 2.75) is 32.7 Å². The van der Waals surface area contributed by atoms with E-state index in [1.165, 1.54) is 0 Å². The maximum absolute atomic E-state index is 2.43. The Kier molecular flexibility index (Phi) is 2.38. The van der Waals surface area contributed by atoms with E-state index in [4.69, 9.17) is 0 Å². The summed E-state index contributed by atoms with van der Waals surface area (Å²) in [5, 5.41) is 0.545. The zero-order valence-electron chi connectivity index (χ0n) is 7.96. The molecule has 0 radical (unpaired) electrons. The Morgan fingerprint density at radius 1 is 1.09 bits per heavy atom. The minimum atomic E-state index is -0.709. The molecule has 0 aromatic heterocycles. The molecule has 0 spiro atoms. The highest BCUT2D eigenvalue weighted by Gasteiger charge is 2.31. The lowest BCUT2D eigenvalue weighted by Gasteiger charge is -2.32. The zero-order chi connectivity index (χ0) is 8.48. The molecular formula is C10H18Si. The van der Waals surface area contributed by atoms with Crippen molar-refractivity contribution in [2.75, 3.05) is 0 Å². The van der Waals surface area contributed by atoms with Gasteiger partial charge >= 0.3 is 0 Å². The van der Waals surface area contributed by atoms with Crippen LogP contribution in [0.25, 0.3) is 0 Å². The van der Waals surface area contributed by atoms with E-state index in [9.17, 15) is 0 Å². The van der Waals surface area contributed by atoms with Crippen molar-refractivity contribution in [2.24, 2.45) is 5.92 Å². The Hall–Kier alpha value is -0.303. The summed E-state index contributed by atoms with van der Waals surface area (Å²) in [6.45, 7) is 9.45. The third kappa shape index (κ3) is 1.64. The molecule has 1 heterocycles. The SMILES string of the molecule is CC(C)C(C)(C)[SiH]1C=CC=C1. The highest BCUT2D eigenvalue weighted by Crippen LogP contribution is 2.39.